The highest BCUT2D eigenvalue weighted by molar-refractivity contribution is 6.02. The smallest absolute Gasteiger partial charge is 0.336 e. The zero-order valence-electron chi connectivity index (χ0n) is 13.7. The lowest BCUT2D eigenvalue weighted by Crippen LogP contribution is -2.63. The second-order valence-electron chi connectivity index (χ2n) is 5.78. The number of amides is 1. The Morgan fingerprint density at radius 2 is 2.27 bits per heavy atom. The van der Waals surface area contributed by atoms with Gasteiger partial charge in [0.15, 0.2) is 17.5 Å². The van der Waals surface area contributed by atoms with Crippen molar-refractivity contribution in [3.8, 4) is 11.8 Å². The van der Waals surface area contributed by atoms with Gasteiger partial charge in [0, 0.05) is 24.5 Å². The van der Waals surface area contributed by atoms with Crippen LogP contribution in [0.25, 0.3) is 5.69 Å². The van der Waals surface area contributed by atoms with Crippen molar-refractivity contribution in [3.63, 3.8) is 0 Å². The standard InChI is InChI=1S/C16H15N5O5/c1-16(13(22)14(23)24)15(25)20(6-7-26-16)12-3-5-21(19-12)11-2-4-18-10(8-11)9-17/h2-5,8,13,22H,6-7H2,1H3,(H,23,24)/t13-,16+/m0/s1. The van der Waals surface area contributed by atoms with Gasteiger partial charge in [0.1, 0.15) is 11.8 Å². The molecule has 1 fully saturated rings. The number of ether oxygens (including phenoxy) is 1. The number of anilines is 1. The summed E-state index contributed by atoms with van der Waals surface area (Å²) in [4.78, 5) is 28.9. The van der Waals surface area contributed by atoms with Crippen LogP contribution in [0.15, 0.2) is 30.6 Å². The molecule has 0 saturated carbocycles. The number of carbonyl (C=O) groups is 2. The molecule has 3 heterocycles. The number of carboxylic acids is 1. The summed E-state index contributed by atoms with van der Waals surface area (Å²) in [7, 11) is 0. The van der Waals surface area contributed by atoms with Gasteiger partial charge in [-0.2, -0.15) is 5.26 Å². The van der Waals surface area contributed by atoms with Crippen molar-refractivity contribution in [1.82, 2.24) is 14.8 Å². The van der Waals surface area contributed by atoms with Gasteiger partial charge in [-0.1, -0.05) is 0 Å². The maximum Gasteiger partial charge on any atom is 0.336 e. The first-order valence-electron chi connectivity index (χ1n) is 7.66. The number of carbonyl (C=O) groups excluding carboxylic acids is 1. The molecule has 1 aliphatic rings. The van der Waals surface area contributed by atoms with Crippen LogP contribution in [0.2, 0.25) is 0 Å². The molecule has 2 aromatic rings. The second kappa shape index (κ2) is 6.55. The summed E-state index contributed by atoms with van der Waals surface area (Å²) >= 11 is 0. The zero-order valence-corrected chi connectivity index (χ0v) is 13.7. The Bertz CT molecular complexity index is 904. The Morgan fingerprint density at radius 3 is 2.96 bits per heavy atom. The third-order valence-corrected chi connectivity index (χ3v) is 4.12. The van der Waals surface area contributed by atoms with Crippen LogP contribution in [0.1, 0.15) is 12.6 Å². The number of hydrogen-bond donors (Lipinski definition) is 2. The van der Waals surface area contributed by atoms with Gasteiger partial charge in [0.05, 0.1) is 18.8 Å². The summed E-state index contributed by atoms with van der Waals surface area (Å²) in [5.41, 5.74) is -1.10. The van der Waals surface area contributed by atoms with Crippen LogP contribution in [0.5, 0.6) is 0 Å². The van der Waals surface area contributed by atoms with Crippen molar-refractivity contribution in [2.24, 2.45) is 0 Å². The molecule has 0 radical (unpaired) electrons. The lowest BCUT2D eigenvalue weighted by Gasteiger charge is -2.39. The van der Waals surface area contributed by atoms with Gasteiger partial charge >= 0.3 is 5.97 Å². The predicted octanol–water partition coefficient (Wildman–Crippen LogP) is -0.294. The molecule has 1 saturated heterocycles. The molecule has 134 valence electrons. The fraction of sp³-hybridized carbons (Fsp3) is 0.312. The average Bonchev–Trinajstić information content (AvgIpc) is 3.13. The highest BCUT2D eigenvalue weighted by atomic mass is 16.5. The van der Waals surface area contributed by atoms with E-state index in [1.807, 2.05) is 6.07 Å². The van der Waals surface area contributed by atoms with E-state index < -0.39 is 23.6 Å². The number of nitriles is 1. The van der Waals surface area contributed by atoms with Crippen LogP contribution < -0.4 is 4.90 Å². The first-order valence-corrected chi connectivity index (χ1v) is 7.66. The van der Waals surface area contributed by atoms with Crippen LogP contribution >= 0.6 is 0 Å². The van der Waals surface area contributed by atoms with E-state index in [0.29, 0.717) is 5.69 Å². The van der Waals surface area contributed by atoms with E-state index in [2.05, 4.69) is 10.1 Å². The lowest BCUT2D eigenvalue weighted by atomic mass is 9.95. The Hall–Kier alpha value is -3.29. The van der Waals surface area contributed by atoms with Gasteiger partial charge in [-0.25, -0.2) is 14.5 Å². The topological polar surface area (TPSA) is 142 Å². The molecule has 1 aliphatic heterocycles. The normalized spacial score (nSPS) is 21.3. The highest BCUT2D eigenvalue weighted by Gasteiger charge is 2.51. The molecule has 1 amide bonds. The molecule has 26 heavy (non-hydrogen) atoms. The van der Waals surface area contributed by atoms with E-state index in [4.69, 9.17) is 15.1 Å². The van der Waals surface area contributed by atoms with Crippen molar-refractivity contribution >= 4 is 17.7 Å². The quantitative estimate of drug-likeness (QED) is 0.760. The summed E-state index contributed by atoms with van der Waals surface area (Å²) in [5, 5.41) is 32.1. The third kappa shape index (κ3) is 2.90. The molecular formula is C16H15N5O5. The molecule has 0 aromatic carbocycles. The Morgan fingerprint density at radius 1 is 1.50 bits per heavy atom. The molecule has 0 bridgehead atoms. The van der Waals surface area contributed by atoms with Crippen LogP contribution in [0.3, 0.4) is 0 Å². The molecule has 10 heteroatoms. The van der Waals surface area contributed by atoms with E-state index in [0.717, 1.165) is 0 Å². The van der Waals surface area contributed by atoms with Crippen LogP contribution in [0, 0.1) is 11.3 Å². The van der Waals surface area contributed by atoms with E-state index >= 15 is 0 Å². The summed E-state index contributed by atoms with van der Waals surface area (Å²) in [6.45, 7) is 1.45. The highest BCUT2D eigenvalue weighted by Crippen LogP contribution is 2.27. The fourth-order valence-corrected chi connectivity index (χ4v) is 2.66. The minimum atomic E-state index is -2.00. The molecule has 0 spiro atoms. The van der Waals surface area contributed by atoms with Gasteiger partial charge in [0.25, 0.3) is 5.91 Å². The number of aliphatic hydroxyl groups excluding tert-OH is 1. The molecule has 2 atom stereocenters. The number of aromatic nitrogens is 3. The molecule has 3 rings (SSSR count). The fourth-order valence-electron chi connectivity index (χ4n) is 2.66. The van der Waals surface area contributed by atoms with Gasteiger partial charge in [-0.05, 0) is 13.0 Å². The number of hydrogen-bond acceptors (Lipinski definition) is 7. The maximum absolute atomic E-state index is 12.7. The second-order valence-corrected chi connectivity index (χ2v) is 5.78. The van der Waals surface area contributed by atoms with Gasteiger partial charge in [0.2, 0.25) is 0 Å². The minimum absolute atomic E-state index is 0.0489. The van der Waals surface area contributed by atoms with Gasteiger partial charge in [-0.15, -0.1) is 5.10 Å². The predicted molar refractivity (Wildman–Crippen MR) is 86.4 cm³/mol. The monoisotopic (exact) mass is 357 g/mol. The van der Waals surface area contributed by atoms with E-state index in [1.165, 1.54) is 28.8 Å². The summed E-state index contributed by atoms with van der Waals surface area (Å²) < 4.78 is 6.74. The van der Waals surface area contributed by atoms with Crippen molar-refractivity contribution < 1.29 is 24.5 Å². The zero-order chi connectivity index (χ0) is 18.9. The summed E-state index contributed by atoms with van der Waals surface area (Å²) in [5.74, 6) is -1.97. The average molecular weight is 357 g/mol. The summed E-state index contributed by atoms with van der Waals surface area (Å²) in [6, 6.07) is 6.69. The van der Waals surface area contributed by atoms with Crippen molar-refractivity contribution in [2.75, 3.05) is 18.1 Å². The van der Waals surface area contributed by atoms with Crippen LogP contribution in [-0.4, -0.2) is 61.7 Å². The number of pyridine rings is 1. The van der Waals surface area contributed by atoms with E-state index in [9.17, 15) is 14.7 Å². The number of aliphatic hydroxyl groups is 1. The number of morpholine rings is 1. The minimum Gasteiger partial charge on any atom is -0.479 e. The molecular weight excluding hydrogens is 342 g/mol. The largest absolute Gasteiger partial charge is 0.479 e. The SMILES string of the molecule is C[C@]1([C@@H](O)C(=O)O)OCCN(c2ccn(-c3ccnc(C#N)c3)n2)C1=O. The van der Waals surface area contributed by atoms with E-state index in [1.54, 1.807) is 18.3 Å². The van der Waals surface area contributed by atoms with Crippen molar-refractivity contribution in [3.05, 3.63) is 36.3 Å². The number of rotatable bonds is 4. The van der Waals surface area contributed by atoms with E-state index in [-0.39, 0.29) is 24.7 Å². The molecule has 10 nitrogen and oxygen atoms in total. The maximum atomic E-state index is 12.7. The number of nitrogens with zero attached hydrogens (tertiary/aromatic N) is 5. The number of aliphatic carboxylic acids is 1. The Kier molecular flexibility index (Phi) is 4.41. The Balaban J connectivity index is 1.90. The third-order valence-electron chi connectivity index (χ3n) is 4.12. The Labute approximate surface area is 147 Å². The lowest BCUT2D eigenvalue weighted by molar-refractivity contribution is -0.181. The number of carboxylic acid groups (broad SMARTS) is 1. The van der Waals surface area contributed by atoms with Crippen molar-refractivity contribution in [1.29, 1.82) is 5.26 Å². The first-order chi connectivity index (χ1) is 12.4. The molecule has 2 N–H and O–H groups in total. The van der Waals surface area contributed by atoms with Gasteiger partial charge in [-0.3, -0.25) is 9.69 Å². The first kappa shape index (κ1) is 17.5. The summed E-state index contributed by atoms with van der Waals surface area (Å²) in [6.07, 6.45) is 1.06. The van der Waals surface area contributed by atoms with Crippen molar-refractivity contribution in [2.45, 2.75) is 18.6 Å². The molecule has 2 aromatic heterocycles. The van der Waals surface area contributed by atoms with Gasteiger partial charge < -0.3 is 14.9 Å². The van der Waals surface area contributed by atoms with Crippen LogP contribution in [0.4, 0.5) is 5.82 Å². The molecule has 0 aliphatic carbocycles. The molecule has 0 unspecified atom stereocenters. The van der Waals surface area contributed by atoms with Crippen LogP contribution in [-0.2, 0) is 14.3 Å².